The minimum Gasteiger partial charge on any atom is -0.492 e. The van der Waals surface area contributed by atoms with Gasteiger partial charge < -0.3 is 23.5 Å². The third kappa shape index (κ3) is 2.36. The number of fused-ring (bicyclic) bond motifs is 5. The number of aryl methyl sites for hydroxylation is 1. The van der Waals surface area contributed by atoms with Crippen LogP contribution in [0, 0.1) is 0 Å². The third-order valence-corrected chi connectivity index (χ3v) is 5.13. The predicted molar refractivity (Wildman–Crippen MR) is 101 cm³/mol. The van der Waals surface area contributed by atoms with Gasteiger partial charge in [-0.3, -0.25) is 9.59 Å². The lowest BCUT2D eigenvalue weighted by Gasteiger charge is -2.23. The fourth-order valence-electron chi connectivity index (χ4n) is 3.93. The maximum Gasteiger partial charge on any atom is 0.308 e. The van der Waals surface area contributed by atoms with Crippen LogP contribution in [-0.4, -0.2) is 24.4 Å². The van der Waals surface area contributed by atoms with Crippen LogP contribution in [-0.2, 0) is 17.8 Å². The predicted octanol–water partition coefficient (Wildman–Crippen LogP) is 2.89. The highest BCUT2D eigenvalue weighted by Crippen LogP contribution is 2.42. The lowest BCUT2D eigenvalue weighted by Crippen LogP contribution is -2.26. The average molecular weight is 379 g/mol. The van der Waals surface area contributed by atoms with E-state index in [1.165, 1.54) is 14.0 Å². The molecule has 2 aliphatic heterocycles. The zero-order valence-corrected chi connectivity index (χ0v) is 15.4. The molecule has 0 N–H and O–H groups in total. The first kappa shape index (κ1) is 16.7. The maximum absolute atomic E-state index is 13.3. The van der Waals surface area contributed by atoms with Crippen LogP contribution in [0.5, 0.6) is 23.0 Å². The number of ether oxygens (including phenoxy) is 4. The van der Waals surface area contributed by atoms with Gasteiger partial charge >= 0.3 is 5.97 Å². The molecule has 2 aromatic carbocycles. The minimum atomic E-state index is -0.472. The standard InChI is InChI=1S/C21H17NO6/c1-11(23)28-16-4-3-13-7-15-14-9-18-17(26-10-27-18)8-12(14)5-6-22(15)21(24)19(13)20(16)25-2/h3-4,7-9H,5-6,10H2,1-2H3. The molecule has 2 aliphatic rings. The summed E-state index contributed by atoms with van der Waals surface area (Å²) in [6.45, 7) is 2.06. The molecule has 28 heavy (non-hydrogen) atoms. The first-order chi connectivity index (χ1) is 13.6. The number of hydrogen-bond donors (Lipinski definition) is 0. The summed E-state index contributed by atoms with van der Waals surface area (Å²) in [6, 6.07) is 9.28. The number of methoxy groups -OCH3 is 1. The Labute approximate surface area is 160 Å². The van der Waals surface area contributed by atoms with E-state index in [0.717, 1.165) is 28.0 Å². The van der Waals surface area contributed by atoms with Gasteiger partial charge in [0.25, 0.3) is 5.56 Å². The molecule has 0 spiro atoms. The van der Waals surface area contributed by atoms with Gasteiger partial charge in [0, 0.05) is 19.0 Å². The SMILES string of the molecule is COc1c(OC(C)=O)ccc2cc3n(c(=O)c12)CCc1cc2c(cc1-3)OCO2. The van der Waals surface area contributed by atoms with Gasteiger partial charge in [0.15, 0.2) is 23.0 Å². The van der Waals surface area contributed by atoms with Crippen LogP contribution in [0.1, 0.15) is 12.5 Å². The molecular formula is C21H17NO6. The Bertz CT molecular complexity index is 1210. The number of carbonyl (C=O) groups is 1. The molecular weight excluding hydrogens is 362 g/mol. The molecule has 0 aliphatic carbocycles. The third-order valence-electron chi connectivity index (χ3n) is 5.13. The monoisotopic (exact) mass is 379 g/mol. The van der Waals surface area contributed by atoms with E-state index in [0.29, 0.717) is 24.1 Å². The van der Waals surface area contributed by atoms with E-state index in [-0.39, 0.29) is 23.9 Å². The lowest BCUT2D eigenvalue weighted by atomic mass is 9.95. The number of aromatic nitrogens is 1. The largest absolute Gasteiger partial charge is 0.492 e. The smallest absolute Gasteiger partial charge is 0.308 e. The molecule has 142 valence electrons. The van der Waals surface area contributed by atoms with Crippen molar-refractivity contribution in [2.75, 3.05) is 13.9 Å². The quantitative estimate of drug-likeness (QED) is 0.503. The summed E-state index contributed by atoms with van der Waals surface area (Å²) in [5.41, 5.74) is 2.71. The fraction of sp³-hybridized carbons (Fsp3) is 0.238. The molecule has 0 atom stereocenters. The normalized spacial score (nSPS) is 13.8. The van der Waals surface area contributed by atoms with Crippen molar-refractivity contribution in [2.24, 2.45) is 0 Å². The molecule has 0 fully saturated rings. The highest BCUT2D eigenvalue weighted by atomic mass is 16.7. The number of benzene rings is 2. The van der Waals surface area contributed by atoms with Crippen LogP contribution in [0.15, 0.2) is 35.1 Å². The van der Waals surface area contributed by atoms with Crippen molar-refractivity contribution < 1.29 is 23.7 Å². The summed E-state index contributed by atoms with van der Waals surface area (Å²) in [5.74, 6) is 1.45. The Morgan fingerprint density at radius 1 is 1.14 bits per heavy atom. The van der Waals surface area contributed by atoms with Gasteiger partial charge in [-0.15, -0.1) is 0 Å². The second-order valence-corrected chi connectivity index (χ2v) is 6.75. The topological polar surface area (TPSA) is 76.0 Å². The summed E-state index contributed by atoms with van der Waals surface area (Å²) in [4.78, 5) is 24.7. The molecule has 7 nitrogen and oxygen atoms in total. The zero-order valence-electron chi connectivity index (χ0n) is 15.4. The van der Waals surface area contributed by atoms with E-state index in [1.807, 2.05) is 18.2 Å². The van der Waals surface area contributed by atoms with Crippen LogP contribution in [0.4, 0.5) is 0 Å². The van der Waals surface area contributed by atoms with Gasteiger partial charge in [-0.25, -0.2) is 0 Å². The van der Waals surface area contributed by atoms with Crippen molar-refractivity contribution in [1.82, 2.24) is 4.57 Å². The van der Waals surface area contributed by atoms with Crippen molar-refractivity contribution in [1.29, 1.82) is 0 Å². The highest BCUT2D eigenvalue weighted by molar-refractivity contribution is 5.93. The lowest BCUT2D eigenvalue weighted by molar-refractivity contribution is -0.131. The van der Waals surface area contributed by atoms with E-state index in [4.69, 9.17) is 18.9 Å². The Hall–Kier alpha value is -3.48. The zero-order chi connectivity index (χ0) is 19.4. The first-order valence-electron chi connectivity index (χ1n) is 8.92. The van der Waals surface area contributed by atoms with Gasteiger partial charge in [-0.05, 0) is 41.6 Å². The average Bonchev–Trinajstić information content (AvgIpc) is 3.13. The number of carbonyl (C=O) groups excluding carboxylic acids is 1. The van der Waals surface area contributed by atoms with Crippen molar-refractivity contribution in [2.45, 2.75) is 19.9 Å². The number of pyridine rings is 1. The van der Waals surface area contributed by atoms with Crippen molar-refractivity contribution in [3.05, 3.63) is 46.2 Å². The molecule has 3 heterocycles. The molecule has 0 radical (unpaired) electrons. The van der Waals surface area contributed by atoms with Crippen molar-refractivity contribution >= 4 is 16.7 Å². The van der Waals surface area contributed by atoms with E-state index in [9.17, 15) is 9.59 Å². The van der Waals surface area contributed by atoms with Crippen molar-refractivity contribution in [3.63, 3.8) is 0 Å². The summed E-state index contributed by atoms with van der Waals surface area (Å²) in [7, 11) is 1.46. The summed E-state index contributed by atoms with van der Waals surface area (Å²) < 4.78 is 23.4. The van der Waals surface area contributed by atoms with E-state index in [1.54, 1.807) is 16.7 Å². The van der Waals surface area contributed by atoms with Crippen LogP contribution in [0.2, 0.25) is 0 Å². The summed E-state index contributed by atoms with van der Waals surface area (Å²) >= 11 is 0. The second-order valence-electron chi connectivity index (χ2n) is 6.75. The highest BCUT2D eigenvalue weighted by Gasteiger charge is 2.25. The van der Waals surface area contributed by atoms with Crippen LogP contribution in [0.25, 0.3) is 22.0 Å². The molecule has 7 heteroatoms. The molecule has 5 rings (SSSR count). The number of esters is 1. The molecule has 3 aromatic rings. The Balaban J connectivity index is 1.77. The Kier molecular flexibility index (Phi) is 3.58. The van der Waals surface area contributed by atoms with Gasteiger partial charge in [-0.2, -0.15) is 0 Å². The van der Waals surface area contributed by atoms with E-state index in [2.05, 4.69) is 0 Å². The van der Waals surface area contributed by atoms with E-state index >= 15 is 0 Å². The Morgan fingerprint density at radius 2 is 1.93 bits per heavy atom. The maximum atomic E-state index is 13.3. The second kappa shape index (κ2) is 6.02. The van der Waals surface area contributed by atoms with Gasteiger partial charge in [0.05, 0.1) is 18.2 Å². The minimum absolute atomic E-state index is 0.179. The molecule has 0 amide bonds. The van der Waals surface area contributed by atoms with Gasteiger partial charge in [0.2, 0.25) is 6.79 Å². The summed E-state index contributed by atoms with van der Waals surface area (Å²) in [5, 5.41) is 1.11. The molecule has 0 saturated heterocycles. The van der Waals surface area contributed by atoms with Crippen LogP contribution < -0.4 is 24.5 Å². The van der Waals surface area contributed by atoms with Crippen molar-refractivity contribution in [3.8, 4) is 34.3 Å². The number of hydrogen-bond acceptors (Lipinski definition) is 6. The summed E-state index contributed by atoms with van der Waals surface area (Å²) in [6.07, 6.45) is 0.705. The molecule has 0 unspecified atom stereocenters. The van der Waals surface area contributed by atoms with E-state index < -0.39 is 5.97 Å². The van der Waals surface area contributed by atoms with Gasteiger partial charge in [0.1, 0.15) is 0 Å². The van der Waals surface area contributed by atoms with Gasteiger partial charge in [-0.1, -0.05) is 6.07 Å². The fourth-order valence-corrected chi connectivity index (χ4v) is 3.93. The first-order valence-corrected chi connectivity index (χ1v) is 8.92. The Morgan fingerprint density at radius 3 is 2.68 bits per heavy atom. The number of rotatable bonds is 2. The van der Waals surface area contributed by atoms with Crippen LogP contribution in [0.3, 0.4) is 0 Å². The molecule has 0 saturated carbocycles. The molecule has 0 bridgehead atoms. The number of nitrogens with zero attached hydrogens (tertiary/aromatic N) is 1. The van der Waals surface area contributed by atoms with Crippen LogP contribution >= 0.6 is 0 Å². The molecule has 1 aromatic heterocycles.